The van der Waals surface area contributed by atoms with E-state index in [4.69, 9.17) is 14.7 Å². The second-order valence-electron chi connectivity index (χ2n) is 6.56. The van der Waals surface area contributed by atoms with Gasteiger partial charge in [0.1, 0.15) is 18.1 Å². The maximum absolute atomic E-state index is 12.3. The minimum atomic E-state index is -0.0452. The molecule has 0 N–H and O–H groups in total. The molecule has 0 heterocycles. The van der Waals surface area contributed by atoms with E-state index in [2.05, 4.69) is 6.07 Å². The smallest absolute Gasteiger partial charge is 0.185 e. The van der Waals surface area contributed by atoms with Gasteiger partial charge >= 0.3 is 0 Å². The molecule has 4 heteroatoms. The first-order valence-electron chi connectivity index (χ1n) is 9.18. The maximum atomic E-state index is 12.3. The van der Waals surface area contributed by atoms with Crippen LogP contribution in [0.5, 0.6) is 11.5 Å². The van der Waals surface area contributed by atoms with Gasteiger partial charge in [-0.3, -0.25) is 4.79 Å². The summed E-state index contributed by atoms with van der Waals surface area (Å²) in [5.74, 6) is 1.33. The van der Waals surface area contributed by atoms with Crippen LogP contribution in [-0.2, 0) is 6.61 Å². The van der Waals surface area contributed by atoms with Crippen molar-refractivity contribution in [3.05, 3.63) is 101 Å². The van der Waals surface area contributed by atoms with E-state index in [0.717, 1.165) is 16.7 Å². The van der Waals surface area contributed by atoms with Crippen molar-refractivity contribution < 1.29 is 14.3 Å². The lowest BCUT2D eigenvalue weighted by Gasteiger charge is -2.11. The Morgan fingerprint density at radius 1 is 1.03 bits per heavy atom. The Kier molecular flexibility index (Phi) is 6.44. The van der Waals surface area contributed by atoms with Crippen LogP contribution in [0, 0.1) is 18.3 Å². The van der Waals surface area contributed by atoms with E-state index >= 15 is 0 Å². The standard InChI is InChI=1S/C25H21NO3/c1-18-3-9-21(10-4-18)24(27)13-7-19-8-14-25(28-2)22(15-19)17-29-23-11-5-20(16-26)6-12-23/h3-15H,17H2,1-2H3/b13-7+. The number of rotatable bonds is 7. The summed E-state index contributed by atoms with van der Waals surface area (Å²) in [4.78, 5) is 12.3. The van der Waals surface area contributed by atoms with Gasteiger partial charge < -0.3 is 9.47 Å². The van der Waals surface area contributed by atoms with Gasteiger partial charge in [-0.2, -0.15) is 5.26 Å². The van der Waals surface area contributed by atoms with Crippen molar-refractivity contribution in [3.8, 4) is 17.6 Å². The summed E-state index contributed by atoms with van der Waals surface area (Å²) in [6.07, 6.45) is 3.35. The predicted octanol–water partition coefficient (Wildman–Crippen LogP) is 5.35. The molecule has 0 aromatic heterocycles. The highest BCUT2D eigenvalue weighted by atomic mass is 16.5. The highest BCUT2D eigenvalue weighted by Gasteiger charge is 2.06. The highest BCUT2D eigenvalue weighted by molar-refractivity contribution is 6.06. The molecule has 3 aromatic carbocycles. The Hall–Kier alpha value is -3.84. The number of nitrogens with zero attached hydrogens (tertiary/aromatic N) is 1. The third kappa shape index (κ3) is 5.33. The number of nitriles is 1. The van der Waals surface area contributed by atoms with E-state index in [1.54, 1.807) is 43.5 Å². The molecule has 29 heavy (non-hydrogen) atoms. The SMILES string of the molecule is COc1ccc(/C=C/C(=O)c2ccc(C)cc2)cc1COc1ccc(C#N)cc1. The summed E-state index contributed by atoms with van der Waals surface area (Å²) in [5.41, 5.74) is 4.10. The molecule has 0 saturated heterocycles. The Morgan fingerprint density at radius 2 is 1.76 bits per heavy atom. The molecule has 0 unspecified atom stereocenters. The van der Waals surface area contributed by atoms with Gasteiger partial charge in [0.2, 0.25) is 0 Å². The lowest BCUT2D eigenvalue weighted by atomic mass is 10.1. The van der Waals surface area contributed by atoms with E-state index < -0.39 is 0 Å². The topological polar surface area (TPSA) is 59.3 Å². The summed E-state index contributed by atoms with van der Waals surface area (Å²) in [7, 11) is 1.61. The quantitative estimate of drug-likeness (QED) is 0.408. The zero-order valence-corrected chi connectivity index (χ0v) is 16.4. The molecule has 0 spiro atoms. The number of carbonyl (C=O) groups excluding carboxylic acids is 1. The van der Waals surface area contributed by atoms with Crippen LogP contribution >= 0.6 is 0 Å². The molecule has 0 aliphatic rings. The molecule has 0 amide bonds. The summed E-state index contributed by atoms with van der Waals surface area (Å²) in [5, 5.41) is 8.87. The molecule has 0 aliphatic carbocycles. The van der Waals surface area contributed by atoms with Crippen LogP contribution in [0.25, 0.3) is 6.08 Å². The number of benzene rings is 3. The van der Waals surface area contributed by atoms with Gasteiger partial charge in [-0.1, -0.05) is 42.0 Å². The van der Waals surface area contributed by atoms with E-state index in [1.807, 2.05) is 49.4 Å². The average Bonchev–Trinajstić information content (AvgIpc) is 2.77. The second-order valence-corrected chi connectivity index (χ2v) is 6.56. The van der Waals surface area contributed by atoms with Crippen molar-refractivity contribution in [3.63, 3.8) is 0 Å². The number of hydrogen-bond acceptors (Lipinski definition) is 4. The Bertz CT molecular complexity index is 1060. The summed E-state index contributed by atoms with van der Waals surface area (Å²) >= 11 is 0. The van der Waals surface area contributed by atoms with Crippen LogP contribution in [0.1, 0.15) is 32.6 Å². The molecular formula is C25H21NO3. The molecule has 4 nitrogen and oxygen atoms in total. The van der Waals surface area contributed by atoms with Crippen LogP contribution in [-0.4, -0.2) is 12.9 Å². The van der Waals surface area contributed by atoms with Crippen molar-refractivity contribution in [1.29, 1.82) is 5.26 Å². The lowest BCUT2D eigenvalue weighted by Crippen LogP contribution is -1.99. The normalized spacial score (nSPS) is 10.5. The molecule has 0 aliphatic heterocycles. The van der Waals surface area contributed by atoms with E-state index in [0.29, 0.717) is 29.2 Å². The number of methoxy groups -OCH3 is 1. The van der Waals surface area contributed by atoms with Gasteiger partial charge in [0.25, 0.3) is 0 Å². The lowest BCUT2D eigenvalue weighted by molar-refractivity contribution is 0.104. The first-order chi connectivity index (χ1) is 14.1. The first-order valence-corrected chi connectivity index (χ1v) is 9.18. The van der Waals surface area contributed by atoms with Crippen molar-refractivity contribution in [2.45, 2.75) is 13.5 Å². The summed E-state index contributed by atoms with van der Waals surface area (Å²) < 4.78 is 11.2. The van der Waals surface area contributed by atoms with Crippen molar-refractivity contribution >= 4 is 11.9 Å². The fourth-order valence-electron chi connectivity index (χ4n) is 2.79. The molecule has 3 rings (SSSR count). The Labute approximate surface area is 170 Å². The molecule has 0 fully saturated rings. The zero-order chi connectivity index (χ0) is 20.6. The molecule has 0 radical (unpaired) electrons. The van der Waals surface area contributed by atoms with Gasteiger partial charge in [0.15, 0.2) is 5.78 Å². The third-order valence-electron chi connectivity index (χ3n) is 4.45. The number of carbonyl (C=O) groups is 1. The minimum Gasteiger partial charge on any atom is -0.496 e. The molecule has 144 valence electrons. The average molecular weight is 383 g/mol. The van der Waals surface area contributed by atoms with Crippen molar-refractivity contribution in [2.75, 3.05) is 7.11 Å². The fraction of sp³-hybridized carbons (Fsp3) is 0.120. The summed E-state index contributed by atoms with van der Waals surface area (Å²) in [6, 6.07) is 22.2. The molecular weight excluding hydrogens is 362 g/mol. The van der Waals surface area contributed by atoms with Crippen LogP contribution in [0.2, 0.25) is 0 Å². The number of hydrogen-bond donors (Lipinski definition) is 0. The number of aryl methyl sites for hydroxylation is 1. The second kappa shape index (κ2) is 9.38. The van der Waals surface area contributed by atoms with Gasteiger partial charge in [0, 0.05) is 11.1 Å². The molecule has 0 atom stereocenters. The van der Waals surface area contributed by atoms with Gasteiger partial charge in [-0.25, -0.2) is 0 Å². The fourth-order valence-corrected chi connectivity index (χ4v) is 2.79. The van der Waals surface area contributed by atoms with Crippen LogP contribution in [0.3, 0.4) is 0 Å². The molecule has 0 saturated carbocycles. The van der Waals surface area contributed by atoms with Crippen LogP contribution < -0.4 is 9.47 Å². The first kappa shape index (κ1) is 19.9. The molecule has 0 bridgehead atoms. The van der Waals surface area contributed by atoms with Crippen molar-refractivity contribution in [1.82, 2.24) is 0 Å². The Balaban J connectivity index is 1.72. The maximum Gasteiger partial charge on any atom is 0.185 e. The molecule has 3 aromatic rings. The highest BCUT2D eigenvalue weighted by Crippen LogP contribution is 2.23. The van der Waals surface area contributed by atoms with E-state index in [-0.39, 0.29) is 5.78 Å². The van der Waals surface area contributed by atoms with Gasteiger partial charge in [-0.05, 0) is 55.0 Å². The van der Waals surface area contributed by atoms with Gasteiger partial charge in [-0.15, -0.1) is 0 Å². The number of ether oxygens (including phenoxy) is 2. The largest absolute Gasteiger partial charge is 0.496 e. The summed E-state index contributed by atoms with van der Waals surface area (Å²) in [6.45, 7) is 2.30. The van der Waals surface area contributed by atoms with Crippen molar-refractivity contribution in [2.24, 2.45) is 0 Å². The van der Waals surface area contributed by atoms with E-state index in [9.17, 15) is 4.79 Å². The predicted molar refractivity (Wildman–Crippen MR) is 113 cm³/mol. The monoisotopic (exact) mass is 383 g/mol. The van der Waals surface area contributed by atoms with E-state index in [1.165, 1.54) is 0 Å². The zero-order valence-electron chi connectivity index (χ0n) is 16.4. The van der Waals surface area contributed by atoms with Crippen LogP contribution in [0.4, 0.5) is 0 Å². The number of allylic oxidation sites excluding steroid dienone is 1. The van der Waals surface area contributed by atoms with Gasteiger partial charge in [0.05, 0.1) is 18.7 Å². The van der Waals surface area contributed by atoms with Crippen LogP contribution in [0.15, 0.2) is 72.8 Å². The third-order valence-corrected chi connectivity index (χ3v) is 4.45. The Morgan fingerprint density at radius 3 is 2.41 bits per heavy atom. The number of ketones is 1. The minimum absolute atomic E-state index is 0.0452.